The van der Waals surface area contributed by atoms with Crippen LogP contribution in [0.1, 0.15) is 32.1 Å². The molecule has 1 aromatic rings. The van der Waals surface area contributed by atoms with E-state index >= 15 is 0 Å². The number of sulfone groups is 1. The van der Waals surface area contributed by atoms with E-state index in [1.807, 2.05) is 0 Å². The van der Waals surface area contributed by atoms with Crippen LogP contribution in [0.5, 0.6) is 0 Å². The van der Waals surface area contributed by atoms with Crippen molar-refractivity contribution in [1.82, 2.24) is 0 Å². The molecule has 0 radical (unpaired) electrons. The lowest BCUT2D eigenvalue weighted by Gasteiger charge is -2.37. The number of nitrogens with zero attached hydrogens (tertiary/aromatic N) is 2. The van der Waals surface area contributed by atoms with Crippen LogP contribution >= 0.6 is 11.3 Å². The van der Waals surface area contributed by atoms with Crippen LogP contribution in [0, 0.1) is 16.0 Å². The Balaban J connectivity index is 2.00. The average molecular weight is 330 g/mol. The normalized spacial score (nSPS) is 23.3. The molecule has 0 N–H and O–H groups in total. The van der Waals surface area contributed by atoms with Crippen LogP contribution in [0.3, 0.4) is 0 Å². The Kier molecular flexibility index (Phi) is 3.69. The molecular weight excluding hydrogens is 312 g/mol. The van der Waals surface area contributed by atoms with Crippen molar-refractivity contribution in [1.29, 1.82) is 0 Å². The molecule has 2 heterocycles. The quantitative estimate of drug-likeness (QED) is 0.626. The lowest BCUT2D eigenvalue weighted by Crippen LogP contribution is -2.38. The SMILES string of the molecule is CS(=O)(=O)c1cc([N+](=O)[O-])c(N2CCC[C@@H]2C2CCC2)s1. The molecule has 1 aliphatic carbocycles. The molecule has 0 amide bonds. The number of anilines is 1. The Bertz CT molecular complexity index is 664. The van der Waals surface area contributed by atoms with Gasteiger partial charge in [-0.05, 0) is 31.6 Å². The molecule has 1 saturated carbocycles. The summed E-state index contributed by atoms with van der Waals surface area (Å²) < 4.78 is 23.5. The largest absolute Gasteiger partial charge is 0.355 e. The van der Waals surface area contributed by atoms with Gasteiger partial charge in [0.1, 0.15) is 4.21 Å². The summed E-state index contributed by atoms with van der Waals surface area (Å²) in [7, 11) is -3.41. The van der Waals surface area contributed by atoms with Crippen LogP contribution in [-0.2, 0) is 9.84 Å². The predicted octanol–water partition coefficient (Wildman–Crippen LogP) is 2.83. The zero-order chi connectivity index (χ0) is 15.2. The van der Waals surface area contributed by atoms with Crippen molar-refractivity contribution in [2.75, 3.05) is 17.7 Å². The summed E-state index contributed by atoms with van der Waals surface area (Å²) >= 11 is 1.04. The molecule has 2 fully saturated rings. The summed E-state index contributed by atoms with van der Waals surface area (Å²) in [5, 5.41) is 11.8. The van der Waals surface area contributed by atoms with E-state index < -0.39 is 14.8 Å². The fraction of sp³-hybridized carbons (Fsp3) is 0.692. The van der Waals surface area contributed by atoms with Crippen molar-refractivity contribution in [3.8, 4) is 0 Å². The van der Waals surface area contributed by atoms with Gasteiger partial charge in [0.25, 0.3) is 0 Å². The van der Waals surface area contributed by atoms with E-state index in [-0.39, 0.29) is 9.90 Å². The lowest BCUT2D eigenvalue weighted by molar-refractivity contribution is -0.383. The average Bonchev–Trinajstić information content (AvgIpc) is 2.90. The molecule has 1 aliphatic heterocycles. The number of rotatable bonds is 4. The molecule has 2 aliphatic rings. The van der Waals surface area contributed by atoms with Crippen molar-refractivity contribution in [2.24, 2.45) is 5.92 Å². The number of nitro groups is 1. The van der Waals surface area contributed by atoms with Crippen LogP contribution in [0.15, 0.2) is 10.3 Å². The van der Waals surface area contributed by atoms with E-state index in [1.165, 1.54) is 25.3 Å². The Labute approximate surface area is 127 Å². The molecular formula is C13H18N2O4S2. The monoisotopic (exact) mass is 330 g/mol. The van der Waals surface area contributed by atoms with E-state index in [2.05, 4.69) is 4.90 Å². The molecule has 21 heavy (non-hydrogen) atoms. The molecule has 0 unspecified atom stereocenters. The third-order valence-corrected chi connectivity index (χ3v) is 7.45. The summed E-state index contributed by atoms with van der Waals surface area (Å²) in [5.74, 6) is 0.607. The van der Waals surface area contributed by atoms with Crippen molar-refractivity contribution in [3.05, 3.63) is 16.2 Å². The maximum Gasteiger partial charge on any atom is 0.305 e. The molecule has 8 heteroatoms. The van der Waals surface area contributed by atoms with Gasteiger partial charge in [-0.3, -0.25) is 10.1 Å². The first kappa shape index (κ1) is 14.8. The summed E-state index contributed by atoms with van der Waals surface area (Å²) in [6.45, 7) is 0.783. The van der Waals surface area contributed by atoms with Gasteiger partial charge in [0.05, 0.1) is 4.92 Å². The summed E-state index contributed by atoms with van der Waals surface area (Å²) in [6, 6.07) is 1.55. The van der Waals surface area contributed by atoms with E-state index in [1.54, 1.807) is 0 Å². The number of hydrogen-bond donors (Lipinski definition) is 0. The second-order valence-corrected chi connectivity index (χ2v) is 9.15. The number of thiophene rings is 1. The highest BCUT2D eigenvalue weighted by Gasteiger charge is 2.39. The van der Waals surface area contributed by atoms with Gasteiger partial charge in [-0.15, -0.1) is 0 Å². The second kappa shape index (κ2) is 5.24. The van der Waals surface area contributed by atoms with Gasteiger partial charge in [-0.25, -0.2) is 8.42 Å². The van der Waals surface area contributed by atoms with Gasteiger partial charge < -0.3 is 4.90 Å². The minimum atomic E-state index is -3.41. The summed E-state index contributed by atoms with van der Waals surface area (Å²) in [4.78, 5) is 12.9. The molecule has 1 saturated heterocycles. The molecule has 0 aromatic carbocycles. The molecule has 0 bridgehead atoms. The summed E-state index contributed by atoms with van der Waals surface area (Å²) in [6.07, 6.45) is 6.76. The minimum absolute atomic E-state index is 0.0633. The Hall–Kier alpha value is -1.15. The Morgan fingerprint density at radius 3 is 2.57 bits per heavy atom. The highest BCUT2D eigenvalue weighted by atomic mass is 32.2. The van der Waals surface area contributed by atoms with Crippen LogP contribution in [-0.4, -0.2) is 32.2 Å². The topological polar surface area (TPSA) is 80.5 Å². The second-order valence-electron chi connectivity index (χ2n) is 5.88. The molecule has 116 valence electrons. The first-order chi connectivity index (χ1) is 9.88. The maximum absolute atomic E-state index is 11.7. The van der Waals surface area contributed by atoms with Crippen molar-refractivity contribution in [3.63, 3.8) is 0 Å². The van der Waals surface area contributed by atoms with Crippen LogP contribution in [0.25, 0.3) is 0 Å². The summed E-state index contributed by atoms with van der Waals surface area (Å²) in [5.41, 5.74) is -0.0633. The molecule has 6 nitrogen and oxygen atoms in total. The van der Waals surface area contributed by atoms with E-state index in [9.17, 15) is 18.5 Å². The van der Waals surface area contributed by atoms with E-state index in [0.29, 0.717) is 17.0 Å². The standard InChI is InChI=1S/C13H18N2O4S2/c1-21(18,19)12-8-11(15(16)17)13(20-12)14-7-3-6-10(14)9-4-2-5-9/h8-10H,2-7H2,1H3/t10-/m1/s1. The number of hydrogen-bond acceptors (Lipinski definition) is 6. The van der Waals surface area contributed by atoms with E-state index in [0.717, 1.165) is 37.0 Å². The highest BCUT2D eigenvalue weighted by molar-refractivity contribution is 7.92. The third kappa shape index (κ3) is 2.66. The van der Waals surface area contributed by atoms with Crippen LogP contribution in [0.2, 0.25) is 0 Å². The molecule has 3 rings (SSSR count). The first-order valence-electron chi connectivity index (χ1n) is 7.13. The van der Waals surface area contributed by atoms with Gasteiger partial charge in [0.15, 0.2) is 14.8 Å². The van der Waals surface area contributed by atoms with Gasteiger partial charge in [-0.2, -0.15) is 0 Å². The fourth-order valence-electron chi connectivity index (χ4n) is 3.23. The van der Waals surface area contributed by atoms with Crippen LogP contribution < -0.4 is 4.90 Å². The van der Waals surface area contributed by atoms with Crippen LogP contribution in [0.4, 0.5) is 10.7 Å². The fourth-order valence-corrected chi connectivity index (χ4v) is 5.34. The maximum atomic E-state index is 11.7. The van der Waals surface area contributed by atoms with E-state index in [4.69, 9.17) is 0 Å². The zero-order valence-electron chi connectivity index (χ0n) is 11.8. The zero-order valence-corrected chi connectivity index (χ0v) is 13.5. The lowest BCUT2D eigenvalue weighted by atomic mass is 9.79. The third-order valence-electron chi connectivity index (χ3n) is 4.49. The van der Waals surface area contributed by atoms with Gasteiger partial charge in [0, 0.05) is 24.9 Å². The molecule has 1 atom stereocenters. The van der Waals surface area contributed by atoms with Crippen molar-refractivity contribution in [2.45, 2.75) is 42.4 Å². The molecule has 0 spiro atoms. The minimum Gasteiger partial charge on any atom is -0.355 e. The predicted molar refractivity (Wildman–Crippen MR) is 81.8 cm³/mol. The smallest absolute Gasteiger partial charge is 0.305 e. The van der Waals surface area contributed by atoms with Gasteiger partial charge in [0.2, 0.25) is 0 Å². The first-order valence-corrected chi connectivity index (χ1v) is 9.83. The highest BCUT2D eigenvalue weighted by Crippen LogP contribution is 2.46. The molecule has 1 aromatic heterocycles. The van der Waals surface area contributed by atoms with Gasteiger partial charge >= 0.3 is 5.69 Å². The Morgan fingerprint density at radius 2 is 2.05 bits per heavy atom. The van der Waals surface area contributed by atoms with Gasteiger partial charge in [-0.1, -0.05) is 17.8 Å². The van der Waals surface area contributed by atoms with Crippen molar-refractivity contribution >= 4 is 31.9 Å². The van der Waals surface area contributed by atoms with Crippen molar-refractivity contribution < 1.29 is 13.3 Å². The Morgan fingerprint density at radius 1 is 1.33 bits per heavy atom.